The van der Waals surface area contributed by atoms with Gasteiger partial charge in [0.25, 0.3) is 0 Å². The molecule has 0 unspecified atom stereocenters. The van der Waals surface area contributed by atoms with Gasteiger partial charge < -0.3 is 9.52 Å². The standard InChI is InChI=1S/C15H17ClN2O2/c16-12-5-3-11(4-6-12)15-17-13(10-20-15)8-18-7-1-2-14(18)9-19/h3-6,10,14,19H,1-2,7-9H2/t14-/m0/s1. The first-order chi connectivity index (χ1) is 9.76. The topological polar surface area (TPSA) is 49.5 Å². The normalized spacial score (nSPS) is 19.6. The maximum Gasteiger partial charge on any atom is 0.226 e. The Morgan fingerprint density at radius 1 is 1.35 bits per heavy atom. The van der Waals surface area contributed by atoms with E-state index in [1.165, 1.54) is 0 Å². The van der Waals surface area contributed by atoms with Gasteiger partial charge in [0.2, 0.25) is 5.89 Å². The van der Waals surface area contributed by atoms with Crippen LogP contribution in [0.1, 0.15) is 18.5 Å². The van der Waals surface area contributed by atoms with Crippen LogP contribution in [0.25, 0.3) is 11.5 Å². The molecule has 1 fully saturated rings. The summed E-state index contributed by atoms with van der Waals surface area (Å²) >= 11 is 5.87. The number of hydrogen-bond donors (Lipinski definition) is 1. The highest BCUT2D eigenvalue weighted by Gasteiger charge is 2.24. The summed E-state index contributed by atoms with van der Waals surface area (Å²) in [5, 5.41) is 10.0. The Labute approximate surface area is 123 Å². The Hall–Kier alpha value is -1.36. The Kier molecular flexibility index (Phi) is 4.05. The molecule has 1 aromatic carbocycles. The van der Waals surface area contributed by atoms with Crippen LogP contribution >= 0.6 is 11.6 Å². The van der Waals surface area contributed by atoms with Crippen LogP contribution in [0.3, 0.4) is 0 Å². The maximum atomic E-state index is 9.33. The van der Waals surface area contributed by atoms with E-state index in [1.54, 1.807) is 6.26 Å². The van der Waals surface area contributed by atoms with E-state index in [9.17, 15) is 5.11 Å². The van der Waals surface area contributed by atoms with Crippen LogP contribution in [0, 0.1) is 0 Å². The minimum absolute atomic E-state index is 0.210. The van der Waals surface area contributed by atoms with E-state index in [2.05, 4.69) is 9.88 Å². The first kappa shape index (κ1) is 13.6. The zero-order chi connectivity index (χ0) is 13.9. The van der Waals surface area contributed by atoms with Crippen molar-refractivity contribution in [2.45, 2.75) is 25.4 Å². The van der Waals surface area contributed by atoms with Gasteiger partial charge in [-0.15, -0.1) is 0 Å². The molecule has 2 heterocycles. The molecular weight excluding hydrogens is 276 g/mol. The number of halogens is 1. The molecular formula is C15H17ClN2O2. The lowest BCUT2D eigenvalue weighted by Gasteiger charge is -2.20. The number of hydrogen-bond acceptors (Lipinski definition) is 4. The van der Waals surface area contributed by atoms with Gasteiger partial charge in [0.05, 0.1) is 12.3 Å². The Morgan fingerprint density at radius 2 is 2.15 bits per heavy atom. The van der Waals surface area contributed by atoms with Gasteiger partial charge in [-0.2, -0.15) is 0 Å². The lowest BCUT2D eigenvalue weighted by Crippen LogP contribution is -2.31. The third-order valence-electron chi connectivity index (χ3n) is 3.72. The number of rotatable bonds is 4. The van der Waals surface area contributed by atoms with E-state index in [0.29, 0.717) is 10.9 Å². The number of aromatic nitrogens is 1. The van der Waals surface area contributed by atoms with Crippen LogP contribution in [0.15, 0.2) is 34.9 Å². The van der Waals surface area contributed by atoms with Crippen LogP contribution in [-0.4, -0.2) is 34.2 Å². The molecule has 0 radical (unpaired) electrons. The van der Waals surface area contributed by atoms with E-state index >= 15 is 0 Å². The minimum atomic E-state index is 0.210. The molecule has 1 N–H and O–H groups in total. The highest BCUT2D eigenvalue weighted by atomic mass is 35.5. The zero-order valence-electron chi connectivity index (χ0n) is 11.1. The molecule has 1 atom stereocenters. The molecule has 20 heavy (non-hydrogen) atoms. The minimum Gasteiger partial charge on any atom is -0.444 e. The molecule has 0 amide bonds. The van der Waals surface area contributed by atoms with Crippen molar-refractivity contribution in [3.8, 4) is 11.5 Å². The Morgan fingerprint density at radius 3 is 2.90 bits per heavy atom. The number of likely N-dealkylation sites (tertiary alicyclic amines) is 1. The van der Waals surface area contributed by atoms with Crippen molar-refractivity contribution in [3.63, 3.8) is 0 Å². The summed E-state index contributed by atoms with van der Waals surface area (Å²) in [4.78, 5) is 6.76. The fraction of sp³-hybridized carbons (Fsp3) is 0.400. The highest BCUT2D eigenvalue weighted by molar-refractivity contribution is 6.30. The second kappa shape index (κ2) is 5.95. The molecule has 3 rings (SSSR count). The van der Waals surface area contributed by atoms with Crippen LogP contribution in [-0.2, 0) is 6.54 Å². The van der Waals surface area contributed by atoms with Crippen molar-refractivity contribution in [3.05, 3.63) is 41.2 Å². The predicted octanol–water partition coefficient (Wildman–Crippen LogP) is 2.95. The molecule has 0 saturated carbocycles. The number of nitrogens with zero attached hydrogens (tertiary/aromatic N) is 2. The van der Waals surface area contributed by atoms with Crippen molar-refractivity contribution < 1.29 is 9.52 Å². The third kappa shape index (κ3) is 2.87. The van der Waals surface area contributed by atoms with E-state index in [-0.39, 0.29) is 12.6 Å². The number of oxazole rings is 1. The molecule has 4 nitrogen and oxygen atoms in total. The molecule has 106 valence electrons. The van der Waals surface area contributed by atoms with Gasteiger partial charge in [-0.25, -0.2) is 4.98 Å². The van der Waals surface area contributed by atoms with E-state index in [0.717, 1.165) is 37.2 Å². The third-order valence-corrected chi connectivity index (χ3v) is 3.97. The average molecular weight is 293 g/mol. The smallest absolute Gasteiger partial charge is 0.226 e. The van der Waals surface area contributed by atoms with Gasteiger partial charge in [0.15, 0.2) is 0 Å². The van der Waals surface area contributed by atoms with Gasteiger partial charge >= 0.3 is 0 Å². The second-order valence-electron chi connectivity index (χ2n) is 5.10. The average Bonchev–Trinajstić information content (AvgIpc) is 3.09. The fourth-order valence-electron chi connectivity index (χ4n) is 2.62. The molecule has 1 saturated heterocycles. The van der Waals surface area contributed by atoms with E-state index < -0.39 is 0 Å². The fourth-order valence-corrected chi connectivity index (χ4v) is 2.75. The largest absolute Gasteiger partial charge is 0.444 e. The SMILES string of the molecule is OC[C@@H]1CCCN1Cc1coc(-c2ccc(Cl)cc2)n1. The van der Waals surface area contributed by atoms with Gasteiger partial charge in [0.1, 0.15) is 6.26 Å². The first-order valence-corrected chi connectivity index (χ1v) is 7.19. The summed E-state index contributed by atoms with van der Waals surface area (Å²) in [6.07, 6.45) is 3.88. The van der Waals surface area contributed by atoms with Crippen LogP contribution < -0.4 is 0 Å². The summed E-state index contributed by atoms with van der Waals surface area (Å²) in [5.74, 6) is 0.608. The number of aliphatic hydroxyl groups is 1. The van der Waals surface area contributed by atoms with Gasteiger partial charge in [0, 0.05) is 23.2 Å². The quantitative estimate of drug-likeness (QED) is 0.941. The van der Waals surface area contributed by atoms with Crippen molar-refractivity contribution in [1.29, 1.82) is 0 Å². The molecule has 2 aromatic rings. The Balaban J connectivity index is 1.72. The van der Waals surface area contributed by atoms with Crippen molar-refractivity contribution in [1.82, 2.24) is 9.88 Å². The van der Waals surface area contributed by atoms with Crippen LogP contribution in [0.2, 0.25) is 5.02 Å². The molecule has 1 aliphatic rings. The summed E-state index contributed by atoms with van der Waals surface area (Å²) in [5.41, 5.74) is 1.82. The van der Waals surface area contributed by atoms with Crippen LogP contribution in [0.5, 0.6) is 0 Å². The van der Waals surface area contributed by atoms with Gasteiger partial charge in [-0.05, 0) is 43.7 Å². The summed E-state index contributed by atoms with van der Waals surface area (Å²) < 4.78 is 5.53. The van der Waals surface area contributed by atoms with Crippen LogP contribution in [0.4, 0.5) is 0 Å². The predicted molar refractivity (Wildman–Crippen MR) is 77.5 cm³/mol. The molecule has 0 aliphatic carbocycles. The molecule has 1 aliphatic heterocycles. The number of benzene rings is 1. The lowest BCUT2D eigenvalue weighted by molar-refractivity contribution is 0.152. The number of aliphatic hydroxyl groups excluding tert-OH is 1. The van der Waals surface area contributed by atoms with Crippen molar-refractivity contribution in [2.75, 3.05) is 13.2 Å². The molecule has 0 spiro atoms. The monoisotopic (exact) mass is 292 g/mol. The highest BCUT2D eigenvalue weighted by Crippen LogP contribution is 2.23. The molecule has 0 bridgehead atoms. The maximum absolute atomic E-state index is 9.33. The lowest BCUT2D eigenvalue weighted by atomic mass is 10.2. The second-order valence-corrected chi connectivity index (χ2v) is 5.54. The summed E-state index contributed by atoms with van der Waals surface area (Å²) in [7, 11) is 0. The molecule has 1 aromatic heterocycles. The zero-order valence-corrected chi connectivity index (χ0v) is 11.9. The molecule has 5 heteroatoms. The van der Waals surface area contributed by atoms with Gasteiger partial charge in [-0.3, -0.25) is 4.90 Å². The Bertz CT molecular complexity index is 568. The summed E-state index contributed by atoms with van der Waals surface area (Å²) in [6.45, 7) is 1.94. The first-order valence-electron chi connectivity index (χ1n) is 6.81. The van der Waals surface area contributed by atoms with E-state index in [1.807, 2.05) is 24.3 Å². The van der Waals surface area contributed by atoms with Gasteiger partial charge in [-0.1, -0.05) is 11.6 Å². The van der Waals surface area contributed by atoms with E-state index in [4.69, 9.17) is 16.0 Å². The summed E-state index contributed by atoms with van der Waals surface area (Å²) in [6, 6.07) is 7.69. The van der Waals surface area contributed by atoms with Crippen molar-refractivity contribution >= 4 is 11.6 Å². The van der Waals surface area contributed by atoms with Crippen molar-refractivity contribution in [2.24, 2.45) is 0 Å².